The van der Waals surface area contributed by atoms with Crippen LogP contribution in [0.4, 0.5) is 4.39 Å². The van der Waals surface area contributed by atoms with Gasteiger partial charge in [-0.2, -0.15) is 0 Å². The maximum atomic E-state index is 13.4. The van der Waals surface area contributed by atoms with E-state index >= 15 is 0 Å². The number of carboxylic acid groups (broad SMARTS) is 1. The summed E-state index contributed by atoms with van der Waals surface area (Å²) in [6.45, 7) is 0.323. The molecular formula is C14H10BrFO3S. The largest absolute Gasteiger partial charge is 0.488 e. The molecule has 0 amide bonds. The van der Waals surface area contributed by atoms with E-state index in [9.17, 15) is 9.18 Å². The van der Waals surface area contributed by atoms with Gasteiger partial charge in [-0.3, -0.25) is 0 Å². The summed E-state index contributed by atoms with van der Waals surface area (Å²) in [7, 11) is 0. The van der Waals surface area contributed by atoms with Gasteiger partial charge in [0.25, 0.3) is 0 Å². The van der Waals surface area contributed by atoms with Crippen molar-refractivity contribution in [1.29, 1.82) is 0 Å². The molecule has 2 aromatic rings. The highest BCUT2D eigenvalue weighted by Crippen LogP contribution is 2.25. The minimum absolute atomic E-state index is 0.323. The Bertz CT molecular complexity index is 652. The molecule has 0 spiro atoms. The van der Waals surface area contributed by atoms with Gasteiger partial charge in [0.1, 0.15) is 18.2 Å². The molecule has 0 bridgehead atoms. The van der Waals surface area contributed by atoms with Crippen LogP contribution in [0.2, 0.25) is 0 Å². The zero-order valence-electron chi connectivity index (χ0n) is 10.2. The Morgan fingerprint density at radius 1 is 1.45 bits per heavy atom. The molecule has 0 radical (unpaired) electrons. The third kappa shape index (κ3) is 4.18. The molecule has 6 heteroatoms. The lowest BCUT2D eigenvalue weighted by molar-refractivity contribution is -0.131. The molecule has 1 aromatic carbocycles. The fourth-order valence-corrected chi connectivity index (χ4v) is 2.89. The second kappa shape index (κ2) is 6.67. The summed E-state index contributed by atoms with van der Waals surface area (Å²) < 4.78 is 19.9. The van der Waals surface area contributed by atoms with Crippen molar-refractivity contribution in [3.05, 3.63) is 56.5 Å². The molecule has 0 unspecified atom stereocenters. The SMILES string of the molecule is O=C(O)/C=C/c1cc(F)cc(OCc2sccc2Br)c1. The van der Waals surface area contributed by atoms with E-state index in [0.29, 0.717) is 17.9 Å². The highest BCUT2D eigenvalue weighted by molar-refractivity contribution is 9.10. The molecule has 0 saturated carbocycles. The van der Waals surface area contributed by atoms with Crippen molar-refractivity contribution in [2.75, 3.05) is 0 Å². The molecule has 0 atom stereocenters. The Morgan fingerprint density at radius 2 is 2.25 bits per heavy atom. The lowest BCUT2D eigenvalue weighted by Gasteiger charge is -2.06. The standard InChI is InChI=1S/C14H10BrFO3S/c15-12-3-4-20-13(12)8-19-11-6-9(1-2-14(17)18)5-10(16)7-11/h1-7H,8H2,(H,17,18)/b2-1+. The van der Waals surface area contributed by atoms with Crippen LogP contribution in [0.25, 0.3) is 6.08 Å². The fourth-order valence-electron chi connectivity index (χ4n) is 1.51. The van der Waals surface area contributed by atoms with Crippen molar-refractivity contribution in [3.8, 4) is 5.75 Å². The molecule has 0 aliphatic heterocycles. The van der Waals surface area contributed by atoms with Crippen molar-refractivity contribution < 1.29 is 19.0 Å². The summed E-state index contributed by atoms with van der Waals surface area (Å²) in [6, 6.07) is 6.01. The molecule has 1 N–H and O–H groups in total. The Hall–Kier alpha value is -1.66. The molecule has 0 saturated heterocycles. The summed E-state index contributed by atoms with van der Waals surface area (Å²) in [5.41, 5.74) is 0.438. The van der Waals surface area contributed by atoms with E-state index in [1.807, 2.05) is 11.4 Å². The summed E-state index contributed by atoms with van der Waals surface area (Å²) >= 11 is 4.92. The van der Waals surface area contributed by atoms with Gasteiger partial charge in [-0.1, -0.05) is 0 Å². The van der Waals surface area contributed by atoms with E-state index in [4.69, 9.17) is 9.84 Å². The third-order valence-electron chi connectivity index (χ3n) is 2.37. The molecule has 1 aromatic heterocycles. The van der Waals surface area contributed by atoms with Crippen molar-refractivity contribution in [3.63, 3.8) is 0 Å². The van der Waals surface area contributed by atoms with Crippen molar-refractivity contribution in [2.24, 2.45) is 0 Å². The van der Waals surface area contributed by atoms with Gasteiger partial charge in [-0.05, 0) is 51.1 Å². The Kier molecular flexibility index (Phi) is 4.92. The fraction of sp³-hybridized carbons (Fsp3) is 0.0714. The molecular weight excluding hydrogens is 347 g/mol. The van der Waals surface area contributed by atoms with Gasteiger partial charge in [0.15, 0.2) is 0 Å². The van der Waals surface area contributed by atoms with Gasteiger partial charge < -0.3 is 9.84 Å². The van der Waals surface area contributed by atoms with Crippen LogP contribution in [0.15, 0.2) is 40.2 Å². The van der Waals surface area contributed by atoms with Crippen molar-refractivity contribution >= 4 is 39.3 Å². The van der Waals surface area contributed by atoms with Gasteiger partial charge in [0.05, 0.1) is 4.88 Å². The van der Waals surface area contributed by atoms with Crippen molar-refractivity contribution in [2.45, 2.75) is 6.61 Å². The lowest BCUT2D eigenvalue weighted by atomic mass is 10.2. The number of carbonyl (C=O) groups is 1. The summed E-state index contributed by atoms with van der Waals surface area (Å²) in [5, 5.41) is 10.5. The van der Waals surface area contributed by atoms with Crippen LogP contribution >= 0.6 is 27.3 Å². The molecule has 2 rings (SSSR count). The topological polar surface area (TPSA) is 46.5 Å². The van der Waals surface area contributed by atoms with Gasteiger partial charge >= 0.3 is 5.97 Å². The Labute approximate surface area is 127 Å². The van der Waals surface area contributed by atoms with Crippen LogP contribution < -0.4 is 4.74 Å². The van der Waals surface area contributed by atoms with Crippen LogP contribution in [0, 0.1) is 5.82 Å². The van der Waals surface area contributed by atoms with Crippen LogP contribution in [0.5, 0.6) is 5.75 Å². The van der Waals surface area contributed by atoms with Gasteiger partial charge in [-0.25, -0.2) is 9.18 Å². The number of thiophene rings is 1. The Morgan fingerprint density at radius 3 is 2.90 bits per heavy atom. The van der Waals surface area contributed by atoms with Crippen LogP contribution in [-0.4, -0.2) is 11.1 Å². The van der Waals surface area contributed by atoms with Crippen LogP contribution in [0.3, 0.4) is 0 Å². The number of ether oxygens (including phenoxy) is 1. The predicted molar refractivity (Wildman–Crippen MR) is 79.4 cm³/mol. The highest BCUT2D eigenvalue weighted by Gasteiger charge is 2.04. The average Bonchev–Trinajstić information content (AvgIpc) is 2.79. The highest BCUT2D eigenvalue weighted by atomic mass is 79.9. The number of halogens is 2. The monoisotopic (exact) mass is 356 g/mol. The third-order valence-corrected chi connectivity index (χ3v) is 4.27. The van der Waals surface area contributed by atoms with E-state index in [0.717, 1.165) is 15.4 Å². The molecule has 20 heavy (non-hydrogen) atoms. The molecule has 0 aliphatic carbocycles. The molecule has 0 aliphatic rings. The van der Waals surface area contributed by atoms with Gasteiger partial charge in [-0.15, -0.1) is 11.3 Å². The second-order valence-electron chi connectivity index (χ2n) is 3.87. The number of rotatable bonds is 5. The minimum Gasteiger partial charge on any atom is -0.488 e. The maximum Gasteiger partial charge on any atom is 0.328 e. The van der Waals surface area contributed by atoms with E-state index in [2.05, 4.69) is 15.9 Å². The number of carboxylic acids is 1. The number of benzene rings is 1. The quantitative estimate of drug-likeness (QED) is 0.811. The van der Waals surface area contributed by atoms with E-state index in [1.54, 1.807) is 6.07 Å². The summed E-state index contributed by atoms with van der Waals surface area (Å²) in [6.07, 6.45) is 2.27. The van der Waals surface area contributed by atoms with E-state index in [-0.39, 0.29) is 0 Å². The number of hydrogen-bond donors (Lipinski definition) is 1. The van der Waals surface area contributed by atoms with Crippen LogP contribution in [0.1, 0.15) is 10.4 Å². The van der Waals surface area contributed by atoms with Crippen molar-refractivity contribution in [1.82, 2.24) is 0 Å². The number of hydrogen-bond acceptors (Lipinski definition) is 3. The molecule has 104 valence electrons. The molecule has 3 nitrogen and oxygen atoms in total. The van der Waals surface area contributed by atoms with E-state index in [1.165, 1.54) is 29.5 Å². The van der Waals surface area contributed by atoms with Gasteiger partial charge in [0.2, 0.25) is 0 Å². The summed E-state index contributed by atoms with van der Waals surface area (Å²) in [4.78, 5) is 11.4. The molecule has 1 heterocycles. The first kappa shape index (κ1) is 14.7. The van der Waals surface area contributed by atoms with E-state index < -0.39 is 11.8 Å². The zero-order chi connectivity index (χ0) is 14.5. The summed E-state index contributed by atoms with van der Waals surface area (Å²) in [5.74, 6) is -1.20. The lowest BCUT2D eigenvalue weighted by Crippen LogP contribution is -1.95. The van der Waals surface area contributed by atoms with Crippen LogP contribution in [-0.2, 0) is 11.4 Å². The second-order valence-corrected chi connectivity index (χ2v) is 5.73. The maximum absolute atomic E-state index is 13.4. The normalized spacial score (nSPS) is 10.9. The first-order chi connectivity index (χ1) is 9.54. The van der Waals surface area contributed by atoms with Gasteiger partial charge in [0, 0.05) is 16.6 Å². The number of aliphatic carboxylic acids is 1. The molecule has 0 fully saturated rings. The average molecular weight is 357 g/mol. The first-order valence-corrected chi connectivity index (χ1v) is 7.28. The zero-order valence-corrected chi connectivity index (χ0v) is 12.6. The predicted octanol–water partition coefficient (Wildman–Crippen LogP) is 4.33. The Balaban J connectivity index is 2.12. The minimum atomic E-state index is -1.08. The smallest absolute Gasteiger partial charge is 0.328 e. The first-order valence-electron chi connectivity index (χ1n) is 5.61.